The van der Waals surface area contributed by atoms with Gasteiger partial charge in [0.1, 0.15) is 6.07 Å². The van der Waals surface area contributed by atoms with Crippen molar-refractivity contribution in [1.82, 2.24) is 4.90 Å². The van der Waals surface area contributed by atoms with Crippen LogP contribution in [0, 0.1) is 11.3 Å². The van der Waals surface area contributed by atoms with E-state index in [0.29, 0.717) is 13.1 Å². The maximum absolute atomic E-state index is 11.2. The lowest BCUT2D eigenvalue weighted by Gasteiger charge is -2.16. The molecule has 0 unspecified atom stereocenters. The summed E-state index contributed by atoms with van der Waals surface area (Å²) in [5.74, 6) is -0.537. The largest absolute Gasteiger partial charge is 0.410 e. The Labute approximate surface area is 70.9 Å². The molecule has 66 valence electrons. The van der Waals surface area contributed by atoms with Gasteiger partial charge in [0.25, 0.3) is 5.91 Å². The van der Waals surface area contributed by atoms with Crippen molar-refractivity contribution in [1.29, 1.82) is 5.26 Å². The molecule has 0 bridgehead atoms. The van der Waals surface area contributed by atoms with Crippen molar-refractivity contribution in [2.75, 3.05) is 13.1 Å². The molecule has 0 aromatic heterocycles. The molecule has 0 spiro atoms. The van der Waals surface area contributed by atoms with Crippen molar-refractivity contribution < 1.29 is 10.0 Å². The number of nitriles is 1. The van der Waals surface area contributed by atoms with E-state index >= 15 is 0 Å². The van der Waals surface area contributed by atoms with Gasteiger partial charge in [0.15, 0.2) is 0 Å². The highest BCUT2D eigenvalue weighted by atomic mass is 16.4. The fourth-order valence-corrected chi connectivity index (χ4v) is 0.774. The molecular formula is C7H11N3O2. The zero-order valence-corrected chi connectivity index (χ0v) is 7.11. The predicted molar refractivity (Wildman–Crippen MR) is 42.8 cm³/mol. The van der Waals surface area contributed by atoms with Crippen molar-refractivity contribution in [2.45, 2.75) is 13.8 Å². The SMILES string of the molecule is CCN(CC)C(=O)/C(C#N)=N/O. The van der Waals surface area contributed by atoms with Gasteiger partial charge >= 0.3 is 0 Å². The van der Waals surface area contributed by atoms with E-state index in [1.165, 1.54) is 11.0 Å². The summed E-state index contributed by atoms with van der Waals surface area (Å²) >= 11 is 0. The van der Waals surface area contributed by atoms with Gasteiger partial charge in [-0.15, -0.1) is 0 Å². The lowest BCUT2D eigenvalue weighted by Crippen LogP contribution is -2.35. The second-order valence-corrected chi connectivity index (χ2v) is 2.04. The molecule has 0 aliphatic rings. The number of oxime groups is 1. The maximum atomic E-state index is 11.2. The van der Waals surface area contributed by atoms with Crippen LogP contribution in [-0.2, 0) is 4.79 Å². The van der Waals surface area contributed by atoms with Crippen molar-refractivity contribution in [2.24, 2.45) is 5.16 Å². The first-order chi connectivity index (χ1) is 5.71. The average molecular weight is 169 g/mol. The number of hydrogen-bond acceptors (Lipinski definition) is 4. The van der Waals surface area contributed by atoms with Crippen LogP contribution in [-0.4, -0.2) is 34.8 Å². The van der Waals surface area contributed by atoms with E-state index in [2.05, 4.69) is 5.16 Å². The topological polar surface area (TPSA) is 76.7 Å². The van der Waals surface area contributed by atoms with Crippen LogP contribution in [0.1, 0.15) is 13.8 Å². The third kappa shape index (κ3) is 2.23. The molecule has 12 heavy (non-hydrogen) atoms. The van der Waals surface area contributed by atoms with Gasteiger partial charge in [0.05, 0.1) is 0 Å². The van der Waals surface area contributed by atoms with Crippen molar-refractivity contribution in [3.63, 3.8) is 0 Å². The molecule has 0 saturated carbocycles. The number of carbonyl (C=O) groups excluding carboxylic acids is 1. The van der Waals surface area contributed by atoms with Gasteiger partial charge in [-0.2, -0.15) is 5.26 Å². The van der Waals surface area contributed by atoms with Gasteiger partial charge in [-0.3, -0.25) is 4.79 Å². The Morgan fingerprint density at radius 1 is 1.58 bits per heavy atom. The standard InChI is InChI=1S/C7H11N3O2/c1-3-10(4-2)7(11)6(5-8)9-12/h12H,3-4H2,1-2H3/b9-6+. The Morgan fingerprint density at radius 3 is 2.33 bits per heavy atom. The zero-order valence-electron chi connectivity index (χ0n) is 7.11. The molecule has 0 aliphatic carbocycles. The molecule has 0 rings (SSSR count). The minimum Gasteiger partial charge on any atom is -0.410 e. The highest BCUT2D eigenvalue weighted by Crippen LogP contribution is 1.90. The van der Waals surface area contributed by atoms with E-state index in [9.17, 15) is 4.79 Å². The Bertz CT molecular complexity index is 225. The maximum Gasteiger partial charge on any atom is 0.286 e. The lowest BCUT2D eigenvalue weighted by atomic mass is 10.3. The first-order valence-electron chi connectivity index (χ1n) is 3.62. The van der Waals surface area contributed by atoms with Crippen molar-refractivity contribution >= 4 is 11.6 Å². The Hall–Kier alpha value is -1.57. The van der Waals surface area contributed by atoms with E-state index in [1.54, 1.807) is 13.8 Å². The number of nitrogens with zero attached hydrogens (tertiary/aromatic N) is 3. The first kappa shape index (κ1) is 10.4. The monoisotopic (exact) mass is 169 g/mol. The predicted octanol–water partition coefficient (Wildman–Crippen LogP) is 0.209. The highest BCUT2D eigenvalue weighted by molar-refractivity contribution is 6.44. The summed E-state index contributed by atoms with van der Waals surface area (Å²) in [5.41, 5.74) is -0.473. The third-order valence-corrected chi connectivity index (χ3v) is 1.46. The third-order valence-electron chi connectivity index (χ3n) is 1.46. The van der Waals surface area contributed by atoms with Gasteiger partial charge in [-0.25, -0.2) is 0 Å². The van der Waals surface area contributed by atoms with Gasteiger partial charge in [-0.1, -0.05) is 5.16 Å². The van der Waals surface area contributed by atoms with E-state index in [-0.39, 0.29) is 0 Å². The molecule has 0 radical (unpaired) electrons. The van der Waals surface area contributed by atoms with Crippen molar-refractivity contribution in [3.05, 3.63) is 0 Å². The van der Waals surface area contributed by atoms with Crippen LogP contribution in [0.5, 0.6) is 0 Å². The summed E-state index contributed by atoms with van der Waals surface area (Å²) in [7, 11) is 0. The quantitative estimate of drug-likeness (QED) is 0.372. The molecule has 0 aromatic carbocycles. The van der Waals surface area contributed by atoms with Gasteiger partial charge in [-0.05, 0) is 13.8 Å². The summed E-state index contributed by atoms with van der Waals surface area (Å²) in [6, 6.07) is 1.51. The van der Waals surface area contributed by atoms with Crippen LogP contribution < -0.4 is 0 Å². The van der Waals surface area contributed by atoms with Crippen LogP contribution in [0.3, 0.4) is 0 Å². The lowest BCUT2D eigenvalue weighted by molar-refractivity contribution is -0.123. The van der Waals surface area contributed by atoms with Crippen LogP contribution in [0.25, 0.3) is 0 Å². The van der Waals surface area contributed by atoms with Crippen LogP contribution in [0.4, 0.5) is 0 Å². The van der Waals surface area contributed by atoms with Crippen LogP contribution in [0.2, 0.25) is 0 Å². The van der Waals surface area contributed by atoms with E-state index in [4.69, 9.17) is 10.5 Å². The molecule has 0 aliphatic heterocycles. The number of rotatable bonds is 3. The highest BCUT2D eigenvalue weighted by Gasteiger charge is 2.16. The van der Waals surface area contributed by atoms with E-state index in [0.717, 1.165) is 0 Å². The fraction of sp³-hybridized carbons (Fsp3) is 0.571. The van der Waals surface area contributed by atoms with Crippen molar-refractivity contribution in [3.8, 4) is 6.07 Å². The van der Waals surface area contributed by atoms with Gasteiger partial charge < -0.3 is 10.1 Å². The van der Waals surface area contributed by atoms with Gasteiger partial charge in [0.2, 0.25) is 5.71 Å². The summed E-state index contributed by atoms with van der Waals surface area (Å²) in [5, 5.41) is 19.2. The number of carbonyl (C=O) groups is 1. The molecule has 0 fully saturated rings. The number of amides is 1. The molecule has 0 atom stereocenters. The molecule has 1 amide bonds. The minimum atomic E-state index is -0.537. The molecule has 0 heterocycles. The van der Waals surface area contributed by atoms with Crippen LogP contribution >= 0.6 is 0 Å². The molecule has 0 aromatic rings. The second kappa shape index (κ2) is 5.13. The molecule has 1 N–H and O–H groups in total. The van der Waals surface area contributed by atoms with Gasteiger partial charge in [0, 0.05) is 13.1 Å². The van der Waals surface area contributed by atoms with Crippen LogP contribution in [0.15, 0.2) is 5.16 Å². The van der Waals surface area contributed by atoms with E-state index in [1.807, 2.05) is 0 Å². The fourth-order valence-electron chi connectivity index (χ4n) is 0.774. The second-order valence-electron chi connectivity index (χ2n) is 2.04. The summed E-state index contributed by atoms with van der Waals surface area (Å²) in [6.07, 6.45) is 0. The first-order valence-corrected chi connectivity index (χ1v) is 3.62. The molecule has 5 heteroatoms. The normalized spacial score (nSPS) is 10.6. The summed E-state index contributed by atoms with van der Waals surface area (Å²) in [6.45, 7) is 4.56. The molecule has 0 saturated heterocycles. The average Bonchev–Trinajstić information content (AvgIpc) is 2.09. The Kier molecular flexibility index (Phi) is 4.46. The summed E-state index contributed by atoms with van der Waals surface area (Å²) < 4.78 is 0. The Morgan fingerprint density at radius 2 is 2.08 bits per heavy atom. The summed E-state index contributed by atoms with van der Waals surface area (Å²) in [4.78, 5) is 12.6. The smallest absolute Gasteiger partial charge is 0.286 e. The Balaban J connectivity index is 4.48. The molecular weight excluding hydrogens is 158 g/mol. The number of hydrogen-bond donors (Lipinski definition) is 1. The molecule has 5 nitrogen and oxygen atoms in total. The zero-order chi connectivity index (χ0) is 9.56. The van der Waals surface area contributed by atoms with E-state index < -0.39 is 11.6 Å². The minimum absolute atomic E-state index is 0.473.